The van der Waals surface area contributed by atoms with Crippen LogP contribution in [0.25, 0.3) is 21.8 Å². The number of hydrogen-bond acceptors (Lipinski definition) is 6. The summed E-state index contributed by atoms with van der Waals surface area (Å²) in [5.74, 6) is 0.703. The Morgan fingerprint density at radius 2 is 1.95 bits per heavy atom. The van der Waals surface area contributed by atoms with Gasteiger partial charge in [-0.2, -0.15) is 11.3 Å². The third kappa shape index (κ3) is 2.69. The number of aryl methyl sites for hydroxylation is 2. The molecule has 0 fully saturated rings. The largest absolute Gasteiger partial charge is 0.347 e. The van der Waals surface area contributed by atoms with Crippen molar-refractivity contribution in [3.8, 4) is 21.8 Å². The van der Waals surface area contributed by atoms with Crippen LogP contribution in [0, 0.1) is 13.8 Å². The third-order valence-corrected chi connectivity index (χ3v) is 5.00. The molecule has 4 nitrogen and oxygen atoms in total. The van der Waals surface area contributed by atoms with Crippen LogP contribution in [0.2, 0.25) is 0 Å². The van der Waals surface area contributed by atoms with E-state index in [0.717, 1.165) is 27.5 Å². The van der Waals surface area contributed by atoms with Crippen LogP contribution in [0.5, 0.6) is 0 Å². The molecule has 3 heterocycles. The molecule has 0 aliphatic rings. The zero-order valence-corrected chi connectivity index (χ0v) is 14.0. The minimum atomic E-state index is 0.703. The molecule has 108 valence electrons. The van der Waals surface area contributed by atoms with Gasteiger partial charge in [0.15, 0.2) is 0 Å². The Kier molecular flexibility index (Phi) is 3.73. The maximum Gasteiger partial charge on any atom is 0.225 e. The van der Waals surface area contributed by atoms with Gasteiger partial charge in [0.05, 0.1) is 5.69 Å². The van der Waals surface area contributed by atoms with E-state index in [2.05, 4.69) is 33.7 Å². The van der Waals surface area contributed by atoms with Gasteiger partial charge in [-0.05, 0) is 36.2 Å². The molecule has 3 aromatic rings. The van der Waals surface area contributed by atoms with Crippen molar-refractivity contribution in [3.05, 3.63) is 33.6 Å². The SMILES string of the molecule is Cc1nc(-c2nc(N(C)C)ncc2-c2ccsc2)sc1C. The van der Waals surface area contributed by atoms with Crippen molar-refractivity contribution < 1.29 is 0 Å². The topological polar surface area (TPSA) is 41.9 Å². The molecule has 3 rings (SSSR count). The molecule has 0 saturated heterocycles. The van der Waals surface area contributed by atoms with E-state index >= 15 is 0 Å². The number of nitrogens with zero attached hydrogens (tertiary/aromatic N) is 4. The Morgan fingerprint density at radius 1 is 1.14 bits per heavy atom. The van der Waals surface area contributed by atoms with Crippen LogP contribution in [0.1, 0.15) is 10.6 Å². The zero-order chi connectivity index (χ0) is 15.0. The first-order valence-electron chi connectivity index (χ1n) is 6.57. The van der Waals surface area contributed by atoms with Crippen LogP contribution in [0.15, 0.2) is 23.0 Å². The maximum absolute atomic E-state index is 4.72. The molecule has 0 aliphatic carbocycles. The van der Waals surface area contributed by atoms with Crippen molar-refractivity contribution in [2.24, 2.45) is 0 Å². The predicted octanol–water partition coefficient (Wildman–Crippen LogP) is 4.01. The van der Waals surface area contributed by atoms with Gasteiger partial charge in [0, 0.05) is 30.7 Å². The van der Waals surface area contributed by atoms with E-state index in [-0.39, 0.29) is 0 Å². The number of aromatic nitrogens is 3. The van der Waals surface area contributed by atoms with E-state index in [1.807, 2.05) is 32.1 Å². The second-order valence-corrected chi connectivity index (χ2v) is 6.98. The number of hydrogen-bond donors (Lipinski definition) is 0. The molecule has 0 unspecified atom stereocenters. The van der Waals surface area contributed by atoms with E-state index in [4.69, 9.17) is 4.98 Å². The van der Waals surface area contributed by atoms with E-state index in [9.17, 15) is 0 Å². The Hall–Kier alpha value is -1.79. The molecule has 0 saturated carbocycles. The fourth-order valence-corrected chi connectivity index (χ4v) is 3.53. The molecule has 6 heteroatoms. The fraction of sp³-hybridized carbons (Fsp3) is 0.267. The average Bonchev–Trinajstić information content (AvgIpc) is 3.09. The van der Waals surface area contributed by atoms with Crippen LogP contribution in [-0.4, -0.2) is 29.0 Å². The van der Waals surface area contributed by atoms with Crippen LogP contribution in [0.3, 0.4) is 0 Å². The Bertz CT molecular complexity index is 741. The van der Waals surface area contributed by atoms with E-state index < -0.39 is 0 Å². The summed E-state index contributed by atoms with van der Waals surface area (Å²) in [6, 6.07) is 2.09. The van der Waals surface area contributed by atoms with Crippen LogP contribution < -0.4 is 4.90 Å². The first-order chi connectivity index (χ1) is 10.1. The number of thiophene rings is 1. The van der Waals surface area contributed by atoms with Crippen LogP contribution in [0.4, 0.5) is 5.95 Å². The minimum absolute atomic E-state index is 0.703. The van der Waals surface area contributed by atoms with Gasteiger partial charge in [0.1, 0.15) is 10.7 Å². The summed E-state index contributed by atoms with van der Waals surface area (Å²) in [5, 5.41) is 5.14. The summed E-state index contributed by atoms with van der Waals surface area (Å²) in [7, 11) is 3.89. The van der Waals surface area contributed by atoms with Gasteiger partial charge in [0.25, 0.3) is 0 Å². The molecule has 0 amide bonds. The highest BCUT2D eigenvalue weighted by Gasteiger charge is 2.16. The summed E-state index contributed by atoms with van der Waals surface area (Å²) < 4.78 is 0. The fourth-order valence-electron chi connectivity index (χ4n) is 1.95. The third-order valence-electron chi connectivity index (χ3n) is 3.24. The van der Waals surface area contributed by atoms with Gasteiger partial charge >= 0.3 is 0 Å². The lowest BCUT2D eigenvalue weighted by molar-refractivity contribution is 1.00. The van der Waals surface area contributed by atoms with Crippen molar-refractivity contribution in [2.45, 2.75) is 13.8 Å². The molecule has 0 bridgehead atoms. The Balaban J connectivity index is 2.21. The predicted molar refractivity (Wildman–Crippen MR) is 90.3 cm³/mol. The molecule has 0 aromatic carbocycles. The summed E-state index contributed by atoms with van der Waals surface area (Å²) >= 11 is 3.36. The summed E-state index contributed by atoms with van der Waals surface area (Å²) in [6.45, 7) is 4.13. The smallest absolute Gasteiger partial charge is 0.225 e. The summed E-state index contributed by atoms with van der Waals surface area (Å²) in [6.07, 6.45) is 1.89. The average molecular weight is 316 g/mol. The zero-order valence-electron chi connectivity index (χ0n) is 12.4. The monoisotopic (exact) mass is 316 g/mol. The normalized spacial score (nSPS) is 10.9. The first kappa shape index (κ1) is 14.2. The molecular formula is C15H16N4S2. The Labute approximate surface area is 132 Å². The number of anilines is 1. The second-order valence-electron chi connectivity index (χ2n) is 5.00. The van der Waals surface area contributed by atoms with Crippen molar-refractivity contribution in [1.29, 1.82) is 0 Å². The lowest BCUT2D eigenvalue weighted by Gasteiger charge is -2.12. The van der Waals surface area contributed by atoms with E-state index in [0.29, 0.717) is 5.95 Å². The highest BCUT2D eigenvalue weighted by Crippen LogP contribution is 2.35. The van der Waals surface area contributed by atoms with Crippen molar-refractivity contribution in [2.75, 3.05) is 19.0 Å². The minimum Gasteiger partial charge on any atom is -0.347 e. The molecular weight excluding hydrogens is 300 g/mol. The van der Waals surface area contributed by atoms with E-state index in [1.165, 1.54) is 4.88 Å². The van der Waals surface area contributed by atoms with Gasteiger partial charge in [-0.25, -0.2) is 15.0 Å². The van der Waals surface area contributed by atoms with Crippen molar-refractivity contribution in [1.82, 2.24) is 15.0 Å². The van der Waals surface area contributed by atoms with Crippen LogP contribution >= 0.6 is 22.7 Å². The highest BCUT2D eigenvalue weighted by molar-refractivity contribution is 7.15. The van der Waals surface area contributed by atoms with Crippen LogP contribution in [-0.2, 0) is 0 Å². The van der Waals surface area contributed by atoms with Crippen molar-refractivity contribution in [3.63, 3.8) is 0 Å². The summed E-state index contributed by atoms with van der Waals surface area (Å²) in [4.78, 5) is 17.0. The van der Waals surface area contributed by atoms with Gasteiger partial charge in [0.2, 0.25) is 5.95 Å². The Morgan fingerprint density at radius 3 is 2.52 bits per heavy atom. The van der Waals surface area contributed by atoms with Gasteiger partial charge in [-0.15, -0.1) is 11.3 Å². The number of thiazole rings is 1. The van der Waals surface area contributed by atoms with Gasteiger partial charge in [-0.3, -0.25) is 0 Å². The van der Waals surface area contributed by atoms with E-state index in [1.54, 1.807) is 22.7 Å². The molecule has 0 N–H and O–H groups in total. The van der Waals surface area contributed by atoms with Crippen molar-refractivity contribution >= 4 is 28.6 Å². The molecule has 0 aliphatic heterocycles. The lowest BCUT2D eigenvalue weighted by atomic mass is 10.1. The summed E-state index contributed by atoms with van der Waals surface area (Å²) in [5.41, 5.74) is 4.16. The quantitative estimate of drug-likeness (QED) is 0.732. The molecule has 21 heavy (non-hydrogen) atoms. The molecule has 3 aromatic heterocycles. The van der Waals surface area contributed by atoms with Gasteiger partial charge < -0.3 is 4.90 Å². The second kappa shape index (κ2) is 5.54. The maximum atomic E-state index is 4.72. The molecule has 0 atom stereocenters. The lowest BCUT2D eigenvalue weighted by Crippen LogP contribution is -2.13. The standard InChI is InChI=1S/C15H16N4S2/c1-9-10(2)21-14(17-9)13-12(11-5-6-20-8-11)7-16-15(18-13)19(3)4/h5-8H,1-4H3. The molecule has 0 spiro atoms. The van der Waals surface area contributed by atoms with Gasteiger partial charge in [-0.1, -0.05) is 0 Å². The highest BCUT2D eigenvalue weighted by atomic mass is 32.1. The molecule has 0 radical (unpaired) electrons. The number of rotatable bonds is 3. The first-order valence-corrected chi connectivity index (χ1v) is 8.33.